The van der Waals surface area contributed by atoms with E-state index in [2.05, 4.69) is 5.10 Å². The van der Waals surface area contributed by atoms with Gasteiger partial charge in [0, 0.05) is 24.3 Å². The first-order valence-electron chi connectivity index (χ1n) is 3.28. The Balaban J connectivity index is 0.000001000. The molecular formula is C7H11N2OV-. The summed E-state index contributed by atoms with van der Waals surface area (Å²) in [5, 5.41) is 5.49. The van der Waals surface area contributed by atoms with Crippen molar-refractivity contribution >= 4 is 11.6 Å². The first-order chi connectivity index (χ1) is 4.61. The summed E-state index contributed by atoms with van der Waals surface area (Å²) < 4.78 is 0. The second kappa shape index (κ2) is 3.93. The van der Waals surface area contributed by atoms with Gasteiger partial charge in [-0.3, -0.25) is 4.79 Å². The number of rotatable bonds is 1. The monoisotopic (exact) mass is 190 g/mol. The van der Waals surface area contributed by atoms with Gasteiger partial charge < -0.3 is 5.01 Å². The fourth-order valence-corrected chi connectivity index (χ4v) is 0.905. The minimum Gasteiger partial charge on any atom is -0.383 e. The molecule has 1 amide bonds. The molecule has 0 unspecified atom stereocenters. The van der Waals surface area contributed by atoms with E-state index >= 15 is 0 Å². The number of carbonyl (C=O) groups excluding carboxylic acids is 1. The van der Waals surface area contributed by atoms with E-state index in [1.807, 2.05) is 20.8 Å². The Morgan fingerprint density at radius 3 is 2.27 bits per heavy atom. The number of carbonyl (C=O) groups is 1. The summed E-state index contributed by atoms with van der Waals surface area (Å²) in [6.07, 6.45) is 0.477. The van der Waals surface area contributed by atoms with Crippen LogP contribution in [0.15, 0.2) is 5.10 Å². The average molecular weight is 190 g/mol. The van der Waals surface area contributed by atoms with Gasteiger partial charge in [0.25, 0.3) is 0 Å². The van der Waals surface area contributed by atoms with Gasteiger partial charge in [0.1, 0.15) is 0 Å². The van der Waals surface area contributed by atoms with Crippen LogP contribution in [-0.4, -0.2) is 16.6 Å². The standard InChI is InChI=1S/C7H11N2O.V/c1-5(2)9-7(10)4-6(3)8-9;/h4H2,1-3H3;/q-1;. The number of hydrogen-bond acceptors (Lipinski definition) is 2. The third kappa shape index (κ3) is 2.35. The first-order valence-corrected chi connectivity index (χ1v) is 3.28. The molecule has 0 bridgehead atoms. The van der Waals surface area contributed by atoms with Crippen LogP contribution in [0, 0.1) is 6.04 Å². The van der Waals surface area contributed by atoms with Crippen LogP contribution in [0.1, 0.15) is 27.2 Å². The Morgan fingerprint density at radius 2 is 2.09 bits per heavy atom. The number of nitrogens with zero attached hydrogens (tertiary/aromatic N) is 2. The summed E-state index contributed by atoms with van der Waals surface area (Å²) in [5.41, 5.74) is 0.895. The van der Waals surface area contributed by atoms with Gasteiger partial charge in [0.2, 0.25) is 5.91 Å². The Morgan fingerprint density at radius 1 is 1.55 bits per heavy atom. The Hall–Kier alpha value is -0.276. The second-order valence-corrected chi connectivity index (χ2v) is 2.66. The van der Waals surface area contributed by atoms with Crippen molar-refractivity contribution in [2.75, 3.05) is 0 Å². The summed E-state index contributed by atoms with van der Waals surface area (Å²) in [6.45, 7) is 5.61. The zero-order valence-corrected chi connectivity index (χ0v) is 8.35. The van der Waals surface area contributed by atoms with Crippen LogP contribution in [0.5, 0.6) is 0 Å². The van der Waals surface area contributed by atoms with Crippen molar-refractivity contribution in [2.45, 2.75) is 27.2 Å². The average Bonchev–Trinajstić information content (AvgIpc) is 2.10. The molecule has 1 heterocycles. The van der Waals surface area contributed by atoms with Crippen LogP contribution in [0.3, 0.4) is 0 Å². The number of hydrogen-bond donors (Lipinski definition) is 0. The Labute approximate surface area is 78.7 Å². The van der Waals surface area contributed by atoms with Gasteiger partial charge in [-0.1, -0.05) is 0 Å². The second-order valence-electron chi connectivity index (χ2n) is 2.66. The van der Waals surface area contributed by atoms with Gasteiger partial charge in [0.15, 0.2) is 0 Å². The molecule has 0 spiro atoms. The summed E-state index contributed by atoms with van der Waals surface area (Å²) in [7, 11) is 0. The van der Waals surface area contributed by atoms with Gasteiger partial charge in [-0.15, -0.1) is 0 Å². The van der Waals surface area contributed by atoms with E-state index in [0.717, 1.165) is 11.8 Å². The van der Waals surface area contributed by atoms with Crippen LogP contribution in [0.25, 0.3) is 0 Å². The van der Waals surface area contributed by atoms with E-state index in [1.165, 1.54) is 5.01 Å². The van der Waals surface area contributed by atoms with Crippen LogP contribution in [0.2, 0.25) is 0 Å². The summed E-state index contributed by atoms with van der Waals surface area (Å²) in [4.78, 5) is 11.0. The smallest absolute Gasteiger partial charge is 0.218 e. The molecule has 0 aromatic rings. The zero-order chi connectivity index (χ0) is 7.72. The maximum atomic E-state index is 11.0. The molecule has 11 heavy (non-hydrogen) atoms. The molecule has 0 saturated carbocycles. The molecule has 0 fully saturated rings. The van der Waals surface area contributed by atoms with E-state index < -0.39 is 0 Å². The van der Waals surface area contributed by atoms with Crippen molar-refractivity contribution in [3.8, 4) is 0 Å². The van der Waals surface area contributed by atoms with E-state index in [4.69, 9.17) is 0 Å². The minimum absolute atomic E-state index is 0. The van der Waals surface area contributed by atoms with Crippen molar-refractivity contribution in [3.63, 3.8) is 0 Å². The molecule has 1 aliphatic rings. The third-order valence-corrected chi connectivity index (χ3v) is 1.34. The number of amides is 1. The summed E-state index contributed by atoms with van der Waals surface area (Å²) >= 11 is 0. The fourth-order valence-electron chi connectivity index (χ4n) is 0.905. The van der Waals surface area contributed by atoms with Crippen molar-refractivity contribution in [3.05, 3.63) is 6.04 Å². The largest absolute Gasteiger partial charge is 0.383 e. The molecule has 61 valence electrons. The predicted molar refractivity (Wildman–Crippen MR) is 39.2 cm³/mol. The summed E-state index contributed by atoms with van der Waals surface area (Å²) in [6, 6.07) is 0.932. The van der Waals surface area contributed by atoms with Crippen LogP contribution in [0.4, 0.5) is 0 Å². The molecule has 0 aromatic carbocycles. The Kier molecular flexibility index (Phi) is 3.83. The normalized spacial score (nSPS) is 16.9. The van der Waals surface area contributed by atoms with E-state index in [9.17, 15) is 4.79 Å². The Bertz CT molecular complexity index is 189. The van der Waals surface area contributed by atoms with Crippen molar-refractivity contribution in [1.29, 1.82) is 0 Å². The number of hydrazone groups is 1. The van der Waals surface area contributed by atoms with E-state index in [1.54, 1.807) is 0 Å². The van der Waals surface area contributed by atoms with Crippen LogP contribution >= 0.6 is 0 Å². The molecule has 0 aliphatic carbocycles. The van der Waals surface area contributed by atoms with Gasteiger partial charge in [0.05, 0.1) is 6.42 Å². The summed E-state index contributed by atoms with van der Waals surface area (Å²) in [5.74, 6) is 0.0810. The molecule has 1 rings (SSSR count). The maximum Gasteiger partial charge on any atom is 0.218 e. The topological polar surface area (TPSA) is 32.7 Å². The molecule has 4 heteroatoms. The van der Waals surface area contributed by atoms with Crippen LogP contribution < -0.4 is 0 Å². The van der Waals surface area contributed by atoms with E-state index in [-0.39, 0.29) is 24.5 Å². The van der Waals surface area contributed by atoms with Gasteiger partial charge in [-0.05, 0) is 6.92 Å². The molecule has 0 atom stereocenters. The minimum atomic E-state index is 0. The van der Waals surface area contributed by atoms with Crippen molar-refractivity contribution < 1.29 is 23.4 Å². The molecule has 1 aliphatic heterocycles. The molecule has 0 aromatic heterocycles. The van der Waals surface area contributed by atoms with Gasteiger partial charge in [-0.25, -0.2) is 11.1 Å². The zero-order valence-electron chi connectivity index (χ0n) is 6.96. The molecule has 0 saturated heterocycles. The van der Waals surface area contributed by atoms with Crippen molar-refractivity contribution in [1.82, 2.24) is 5.01 Å². The third-order valence-electron chi connectivity index (χ3n) is 1.34. The van der Waals surface area contributed by atoms with Crippen molar-refractivity contribution in [2.24, 2.45) is 5.10 Å². The molecule has 3 nitrogen and oxygen atoms in total. The van der Waals surface area contributed by atoms with Gasteiger partial charge in [-0.2, -0.15) is 13.8 Å². The molecule has 1 radical (unpaired) electrons. The van der Waals surface area contributed by atoms with Gasteiger partial charge >= 0.3 is 0 Å². The van der Waals surface area contributed by atoms with Crippen LogP contribution in [-0.2, 0) is 23.4 Å². The molecular weight excluding hydrogens is 179 g/mol. The fraction of sp³-hybridized carbons (Fsp3) is 0.571. The molecule has 0 N–H and O–H groups in total. The first kappa shape index (κ1) is 10.7. The van der Waals surface area contributed by atoms with E-state index in [0.29, 0.717) is 6.42 Å². The quantitative estimate of drug-likeness (QED) is 0.571. The predicted octanol–water partition coefficient (Wildman–Crippen LogP) is 1.16. The maximum absolute atomic E-state index is 11.0. The SMILES string of the molecule is CC1=NN([C-](C)C)C(=O)C1.[V].